The molecule has 0 amide bonds. The molecule has 2 rings (SSSR count). The zero-order valence-electron chi connectivity index (χ0n) is 12.8. The third-order valence-electron chi connectivity index (χ3n) is 4.05. The fourth-order valence-corrected chi connectivity index (χ4v) is 3.23. The molecule has 0 aliphatic carbocycles. The van der Waals surface area contributed by atoms with E-state index < -0.39 is 0 Å². The maximum absolute atomic E-state index is 5.34. The summed E-state index contributed by atoms with van der Waals surface area (Å²) < 4.78 is 6.50. The molecule has 0 aromatic heterocycles. The van der Waals surface area contributed by atoms with E-state index in [0.717, 1.165) is 29.9 Å². The van der Waals surface area contributed by atoms with E-state index in [9.17, 15) is 0 Å². The summed E-state index contributed by atoms with van der Waals surface area (Å²) in [4.78, 5) is 2.59. The van der Waals surface area contributed by atoms with E-state index in [1.54, 1.807) is 7.11 Å². The Labute approximate surface area is 130 Å². The van der Waals surface area contributed by atoms with Gasteiger partial charge in [0.15, 0.2) is 0 Å². The van der Waals surface area contributed by atoms with E-state index in [1.807, 2.05) is 6.07 Å². The molecule has 0 bridgehead atoms. The molecular weight excluding hydrogens is 316 g/mol. The van der Waals surface area contributed by atoms with Crippen molar-refractivity contribution in [3.8, 4) is 5.75 Å². The Morgan fingerprint density at radius 2 is 2.20 bits per heavy atom. The lowest BCUT2D eigenvalue weighted by atomic mass is 9.98. The van der Waals surface area contributed by atoms with Gasteiger partial charge in [-0.2, -0.15) is 0 Å². The van der Waals surface area contributed by atoms with Gasteiger partial charge in [-0.3, -0.25) is 4.90 Å². The zero-order chi connectivity index (χ0) is 14.7. The predicted octanol–water partition coefficient (Wildman–Crippen LogP) is 3.28. The first kappa shape index (κ1) is 15.8. The van der Waals surface area contributed by atoms with Crippen LogP contribution in [0.3, 0.4) is 0 Å². The van der Waals surface area contributed by atoms with Crippen molar-refractivity contribution in [1.82, 2.24) is 10.2 Å². The van der Waals surface area contributed by atoms with Crippen LogP contribution in [0.4, 0.5) is 0 Å². The highest BCUT2D eigenvalue weighted by Crippen LogP contribution is 2.26. The normalized spacial score (nSPS) is 24.1. The topological polar surface area (TPSA) is 24.5 Å². The number of rotatable bonds is 4. The van der Waals surface area contributed by atoms with Gasteiger partial charge in [-0.05, 0) is 36.6 Å². The van der Waals surface area contributed by atoms with Gasteiger partial charge in [-0.15, -0.1) is 0 Å². The van der Waals surface area contributed by atoms with Crippen LogP contribution in [0.15, 0.2) is 22.7 Å². The van der Waals surface area contributed by atoms with Crippen LogP contribution < -0.4 is 10.1 Å². The minimum atomic E-state index is 0.550. The Morgan fingerprint density at radius 1 is 1.45 bits per heavy atom. The highest BCUT2D eigenvalue weighted by atomic mass is 79.9. The fraction of sp³-hybridized carbons (Fsp3) is 0.625. The Morgan fingerprint density at radius 3 is 2.85 bits per heavy atom. The van der Waals surface area contributed by atoms with Crippen molar-refractivity contribution in [2.75, 3.05) is 20.2 Å². The molecule has 0 saturated carbocycles. The van der Waals surface area contributed by atoms with E-state index in [2.05, 4.69) is 59.1 Å². The molecule has 1 aromatic rings. The number of halogens is 1. The summed E-state index contributed by atoms with van der Waals surface area (Å²) in [5.74, 6) is 1.58. The third-order valence-corrected chi connectivity index (χ3v) is 4.82. The number of hydrogen-bond donors (Lipinski definition) is 1. The molecule has 2 unspecified atom stereocenters. The second-order valence-corrected chi connectivity index (χ2v) is 6.86. The smallest absolute Gasteiger partial charge is 0.119 e. The van der Waals surface area contributed by atoms with Gasteiger partial charge in [0.05, 0.1) is 7.11 Å². The largest absolute Gasteiger partial charge is 0.497 e. The summed E-state index contributed by atoms with van der Waals surface area (Å²) in [6.45, 7) is 9.98. The van der Waals surface area contributed by atoms with Crippen molar-refractivity contribution in [3.63, 3.8) is 0 Å². The van der Waals surface area contributed by atoms with Crippen LogP contribution in [0.2, 0.25) is 0 Å². The summed E-state index contributed by atoms with van der Waals surface area (Å²) >= 11 is 3.66. The Balaban J connectivity index is 2.17. The highest BCUT2D eigenvalue weighted by Gasteiger charge is 2.28. The summed E-state index contributed by atoms with van der Waals surface area (Å²) in [7, 11) is 1.72. The van der Waals surface area contributed by atoms with Crippen LogP contribution >= 0.6 is 15.9 Å². The molecule has 1 aliphatic heterocycles. The van der Waals surface area contributed by atoms with Gasteiger partial charge in [-0.1, -0.05) is 29.8 Å². The maximum Gasteiger partial charge on any atom is 0.119 e. The highest BCUT2D eigenvalue weighted by molar-refractivity contribution is 9.10. The first-order valence-electron chi connectivity index (χ1n) is 7.31. The van der Waals surface area contributed by atoms with Gasteiger partial charge in [0.1, 0.15) is 5.75 Å². The lowest BCUT2D eigenvalue weighted by Crippen LogP contribution is -2.56. The van der Waals surface area contributed by atoms with Crippen molar-refractivity contribution in [2.45, 2.75) is 39.4 Å². The van der Waals surface area contributed by atoms with Gasteiger partial charge in [0.2, 0.25) is 0 Å². The van der Waals surface area contributed by atoms with E-state index >= 15 is 0 Å². The molecule has 1 aromatic carbocycles. The van der Waals surface area contributed by atoms with Crippen LogP contribution in [0.1, 0.15) is 26.3 Å². The van der Waals surface area contributed by atoms with Gasteiger partial charge in [0.25, 0.3) is 0 Å². The molecular formula is C16H25BrN2O. The Kier molecular flexibility index (Phi) is 5.47. The molecule has 0 spiro atoms. The second kappa shape index (κ2) is 6.92. The average molecular weight is 341 g/mol. The van der Waals surface area contributed by atoms with Gasteiger partial charge in [0, 0.05) is 36.2 Å². The molecule has 1 saturated heterocycles. The number of hydrogen-bond acceptors (Lipinski definition) is 3. The molecule has 1 N–H and O–H groups in total. The lowest BCUT2D eigenvalue weighted by molar-refractivity contribution is 0.0953. The van der Waals surface area contributed by atoms with Gasteiger partial charge in [-0.25, -0.2) is 0 Å². The van der Waals surface area contributed by atoms with E-state index in [-0.39, 0.29) is 0 Å². The molecule has 1 aliphatic rings. The summed E-state index contributed by atoms with van der Waals surface area (Å²) in [6.07, 6.45) is 0. The number of benzene rings is 1. The van der Waals surface area contributed by atoms with Crippen LogP contribution in [0, 0.1) is 5.92 Å². The van der Waals surface area contributed by atoms with E-state index in [1.165, 1.54) is 5.56 Å². The molecule has 20 heavy (non-hydrogen) atoms. The van der Waals surface area contributed by atoms with Crippen molar-refractivity contribution in [3.05, 3.63) is 28.2 Å². The van der Waals surface area contributed by atoms with Crippen LogP contribution in [-0.4, -0.2) is 37.2 Å². The summed E-state index contributed by atoms with van der Waals surface area (Å²) in [6, 6.07) is 7.34. The quantitative estimate of drug-likeness (QED) is 0.910. The molecule has 4 heteroatoms. The Bertz CT molecular complexity index is 450. The van der Waals surface area contributed by atoms with Crippen LogP contribution in [0.25, 0.3) is 0 Å². The molecule has 2 atom stereocenters. The first-order chi connectivity index (χ1) is 9.51. The average Bonchev–Trinajstić information content (AvgIpc) is 2.41. The van der Waals surface area contributed by atoms with Crippen molar-refractivity contribution < 1.29 is 4.74 Å². The first-order valence-corrected chi connectivity index (χ1v) is 8.10. The van der Waals surface area contributed by atoms with E-state index in [0.29, 0.717) is 18.0 Å². The van der Waals surface area contributed by atoms with E-state index in [4.69, 9.17) is 4.74 Å². The van der Waals surface area contributed by atoms with Crippen molar-refractivity contribution >= 4 is 15.9 Å². The van der Waals surface area contributed by atoms with Crippen LogP contribution in [-0.2, 0) is 6.54 Å². The van der Waals surface area contributed by atoms with Crippen LogP contribution in [0.5, 0.6) is 5.75 Å². The third kappa shape index (κ3) is 3.74. The summed E-state index contributed by atoms with van der Waals surface area (Å²) in [5.41, 5.74) is 1.30. The molecule has 3 nitrogen and oxygen atoms in total. The number of nitrogens with zero attached hydrogens (tertiary/aromatic N) is 1. The summed E-state index contributed by atoms with van der Waals surface area (Å²) in [5, 5.41) is 3.59. The van der Waals surface area contributed by atoms with Gasteiger partial charge >= 0.3 is 0 Å². The Hall–Kier alpha value is -0.580. The molecule has 1 heterocycles. The van der Waals surface area contributed by atoms with Gasteiger partial charge < -0.3 is 10.1 Å². The lowest BCUT2D eigenvalue weighted by Gasteiger charge is -2.41. The predicted molar refractivity (Wildman–Crippen MR) is 87.2 cm³/mol. The molecule has 0 radical (unpaired) electrons. The number of piperazine rings is 1. The SMILES string of the molecule is COc1ccc(Br)c(CN2CC(C)NCC2C(C)C)c1. The monoisotopic (exact) mass is 340 g/mol. The second-order valence-electron chi connectivity index (χ2n) is 6.01. The number of ether oxygens (including phenoxy) is 1. The molecule has 112 valence electrons. The number of nitrogens with one attached hydrogen (secondary N) is 1. The van der Waals surface area contributed by atoms with Crippen molar-refractivity contribution in [2.24, 2.45) is 5.92 Å². The molecule has 1 fully saturated rings. The standard InChI is InChI=1S/C16H25BrN2O/c1-11(2)16-8-18-12(3)9-19(16)10-13-7-14(20-4)5-6-15(13)17/h5-7,11-12,16,18H,8-10H2,1-4H3. The minimum Gasteiger partial charge on any atom is -0.497 e. The fourth-order valence-electron chi connectivity index (χ4n) is 2.86. The number of methoxy groups -OCH3 is 1. The maximum atomic E-state index is 5.34. The zero-order valence-corrected chi connectivity index (χ0v) is 14.4. The minimum absolute atomic E-state index is 0.550. The van der Waals surface area contributed by atoms with Crippen molar-refractivity contribution in [1.29, 1.82) is 0 Å².